The molecule has 0 bridgehead atoms. The maximum Gasteiger partial charge on any atom is 0.355 e. The zero-order valence-electron chi connectivity index (χ0n) is 20.9. The number of aromatic nitrogens is 4. The summed E-state index contributed by atoms with van der Waals surface area (Å²) in [6.07, 6.45) is 1.00. The van der Waals surface area contributed by atoms with Crippen LogP contribution in [-0.4, -0.2) is 40.1 Å². The molecule has 2 aromatic carbocycles. The van der Waals surface area contributed by atoms with E-state index >= 15 is 0 Å². The number of nitrogens with one attached hydrogen (secondary N) is 3. The second kappa shape index (κ2) is 10.7. The summed E-state index contributed by atoms with van der Waals surface area (Å²) in [6, 6.07) is 9.26. The Labute approximate surface area is 221 Å². The first-order valence-corrected chi connectivity index (χ1v) is 12.9. The molecule has 2 heterocycles. The molecule has 206 valence electrons. The standard InChI is InChI=1S/C24H24F3N7O4S/c1-12-11-34(3)32-22(12)29-23-19(21(28)35)20(30-31-23)15-6-9-17(33-39(36,37)24(26)27)18(10-15)38-13(2)14-4-7-16(25)8-5-14/h4-11,13,24,33H,1-3H3,(H2,28,35)(H2,29,30,31,32)/t13-/m0/s1. The normalized spacial score (nSPS) is 12.4. The Balaban J connectivity index is 1.76. The van der Waals surface area contributed by atoms with E-state index in [1.54, 1.807) is 31.8 Å². The lowest BCUT2D eigenvalue weighted by molar-refractivity contribution is 0.100. The lowest BCUT2D eigenvalue weighted by Crippen LogP contribution is -2.21. The number of aromatic amines is 1. The molecule has 0 radical (unpaired) electrons. The molecule has 5 N–H and O–H groups in total. The number of benzene rings is 2. The van der Waals surface area contributed by atoms with Crippen molar-refractivity contribution in [2.75, 3.05) is 10.0 Å². The number of nitrogens with two attached hydrogens (primary N) is 1. The Morgan fingerprint density at radius 1 is 1.15 bits per heavy atom. The monoisotopic (exact) mass is 563 g/mol. The molecule has 2 aromatic heterocycles. The average molecular weight is 564 g/mol. The van der Waals surface area contributed by atoms with Crippen LogP contribution in [0.4, 0.5) is 30.5 Å². The molecule has 0 fully saturated rings. The van der Waals surface area contributed by atoms with Gasteiger partial charge in [0.1, 0.15) is 23.2 Å². The van der Waals surface area contributed by atoms with E-state index in [-0.39, 0.29) is 34.1 Å². The van der Waals surface area contributed by atoms with Crippen LogP contribution in [0.2, 0.25) is 0 Å². The smallest absolute Gasteiger partial charge is 0.355 e. The Bertz CT molecular complexity index is 1620. The van der Waals surface area contributed by atoms with Crippen LogP contribution in [-0.2, 0) is 17.1 Å². The number of halogens is 3. The topological polar surface area (TPSA) is 157 Å². The largest absolute Gasteiger partial charge is 0.484 e. The summed E-state index contributed by atoms with van der Waals surface area (Å²) in [5.74, 6) is -4.62. The molecule has 0 aliphatic heterocycles. The first kappa shape index (κ1) is 27.5. The number of sulfonamides is 1. The van der Waals surface area contributed by atoms with E-state index in [0.717, 1.165) is 5.56 Å². The number of anilines is 3. The van der Waals surface area contributed by atoms with Gasteiger partial charge in [-0.15, -0.1) is 0 Å². The van der Waals surface area contributed by atoms with E-state index in [1.165, 1.54) is 42.5 Å². The molecule has 15 heteroatoms. The van der Waals surface area contributed by atoms with E-state index in [1.807, 2.05) is 4.72 Å². The van der Waals surface area contributed by atoms with E-state index in [2.05, 4.69) is 20.6 Å². The van der Waals surface area contributed by atoms with Gasteiger partial charge < -0.3 is 15.8 Å². The fourth-order valence-electron chi connectivity index (χ4n) is 3.77. The van der Waals surface area contributed by atoms with Crippen LogP contribution in [0.1, 0.15) is 34.5 Å². The summed E-state index contributed by atoms with van der Waals surface area (Å²) in [7, 11) is -3.31. The van der Waals surface area contributed by atoms with Crippen molar-refractivity contribution in [2.45, 2.75) is 25.7 Å². The van der Waals surface area contributed by atoms with Crippen molar-refractivity contribution in [3.8, 4) is 17.0 Å². The Morgan fingerprint density at radius 3 is 2.44 bits per heavy atom. The fraction of sp³-hybridized carbons (Fsp3) is 0.208. The number of amides is 1. The van der Waals surface area contributed by atoms with Crippen LogP contribution < -0.4 is 20.5 Å². The third kappa shape index (κ3) is 5.98. The molecule has 39 heavy (non-hydrogen) atoms. The molecule has 0 aliphatic rings. The number of alkyl halides is 2. The number of carbonyl (C=O) groups excluding carboxylic acids is 1. The van der Waals surface area contributed by atoms with Gasteiger partial charge in [-0.05, 0) is 43.7 Å². The predicted octanol–water partition coefficient (Wildman–Crippen LogP) is 4.20. The fourth-order valence-corrected chi connectivity index (χ4v) is 4.34. The zero-order chi connectivity index (χ0) is 28.5. The molecule has 0 saturated heterocycles. The van der Waals surface area contributed by atoms with Gasteiger partial charge in [-0.25, -0.2) is 12.8 Å². The zero-order valence-corrected chi connectivity index (χ0v) is 21.7. The van der Waals surface area contributed by atoms with Crippen LogP contribution in [0.15, 0.2) is 48.7 Å². The molecule has 4 aromatic rings. The second-order valence-electron chi connectivity index (χ2n) is 8.58. The summed E-state index contributed by atoms with van der Waals surface area (Å²) in [5, 5.41) is 14.1. The molecule has 11 nitrogen and oxygen atoms in total. The van der Waals surface area contributed by atoms with Gasteiger partial charge in [0.15, 0.2) is 11.6 Å². The predicted molar refractivity (Wildman–Crippen MR) is 138 cm³/mol. The number of H-pyrrole nitrogens is 1. The minimum atomic E-state index is -5.04. The average Bonchev–Trinajstić information content (AvgIpc) is 3.42. The van der Waals surface area contributed by atoms with Gasteiger partial charge in [0.2, 0.25) is 0 Å². The number of rotatable bonds is 10. The molecular weight excluding hydrogens is 539 g/mol. The lowest BCUT2D eigenvalue weighted by Gasteiger charge is -2.19. The van der Waals surface area contributed by atoms with E-state index < -0.39 is 33.6 Å². The van der Waals surface area contributed by atoms with Crippen molar-refractivity contribution in [1.29, 1.82) is 0 Å². The molecular formula is C24H24F3N7O4S. The third-order valence-corrected chi connectivity index (χ3v) is 6.64. The molecule has 0 spiro atoms. The molecule has 0 unspecified atom stereocenters. The highest BCUT2D eigenvalue weighted by Gasteiger charge is 2.27. The molecule has 1 amide bonds. The van der Waals surface area contributed by atoms with Gasteiger partial charge in [0, 0.05) is 24.4 Å². The summed E-state index contributed by atoms with van der Waals surface area (Å²) < 4.78 is 72.6. The van der Waals surface area contributed by atoms with Crippen molar-refractivity contribution < 1.29 is 31.1 Å². The molecule has 0 aliphatic carbocycles. The Hall–Kier alpha value is -4.53. The maximum absolute atomic E-state index is 13.4. The maximum atomic E-state index is 13.4. The van der Waals surface area contributed by atoms with Gasteiger partial charge in [-0.3, -0.25) is 19.3 Å². The van der Waals surface area contributed by atoms with Gasteiger partial charge in [0.05, 0.1) is 11.4 Å². The number of hydrogen-bond acceptors (Lipinski definition) is 7. The minimum absolute atomic E-state index is 0.0292. The summed E-state index contributed by atoms with van der Waals surface area (Å²) in [6.45, 7) is 3.41. The van der Waals surface area contributed by atoms with Crippen molar-refractivity contribution in [3.05, 3.63) is 71.2 Å². The number of hydrogen-bond donors (Lipinski definition) is 4. The minimum Gasteiger partial charge on any atom is -0.484 e. The quantitative estimate of drug-likeness (QED) is 0.225. The Morgan fingerprint density at radius 2 is 1.85 bits per heavy atom. The molecule has 0 saturated carbocycles. The first-order chi connectivity index (χ1) is 18.4. The summed E-state index contributed by atoms with van der Waals surface area (Å²) >= 11 is 0. The van der Waals surface area contributed by atoms with Crippen molar-refractivity contribution in [1.82, 2.24) is 20.0 Å². The van der Waals surface area contributed by atoms with E-state index in [0.29, 0.717) is 11.4 Å². The van der Waals surface area contributed by atoms with E-state index in [4.69, 9.17) is 10.5 Å². The Kier molecular flexibility index (Phi) is 7.53. The number of aryl methyl sites for hydroxylation is 2. The van der Waals surface area contributed by atoms with Crippen LogP contribution in [0, 0.1) is 12.7 Å². The summed E-state index contributed by atoms with van der Waals surface area (Å²) in [5.41, 5.74) is 7.08. The lowest BCUT2D eigenvalue weighted by atomic mass is 10.1. The molecule has 1 atom stereocenters. The highest BCUT2D eigenvalue weighted by atomic mass is 32.2. The van der Waals surface area contributed by atoms with Crippen molar-refractivity contribution >= 4 is 33.3 Å². The van der Waals surface area contributed by atoms with E-state index in [9.17, 15) is 26.4 Å². The summed E-state index contributed by atoms with van der Waals surface area (Å²) in [4.78, 5) is 12.4. The number of carbonyl (C=O) groups is 1. The highest BCUT2D eigenvalue weighted by molar-refractivity contribution is 7.93. The third-order valence-electron chi connectivity index (χ3n) is 5.66. The van der Waals surface area contributed by atoms with Gasteiger partial charge in [0.25, 0.3) is 15.9 Å². The number of primary amides is 1. The van der Waals surface area contributed by atoms with Crippen LogP contribution in [0.5, 0.6) is 5.75 Å². The number of nitrogens with zero attached hydrogens (tertiary/aromatic N) is 3. The van der Waals surface area contributed by atoms with Gasteiger partial charge >= 0.3 is 5.76 Å². The van der Waals surface area contributed by atoms with Crippen molar-refractivity contribution in [2.24, 2.45) is 12.8 Å². The van der Waals surface area contributed by atoms with Crippen LogP contribution in [0.25, 0.3) is 11.3 Å². The number of ether oxygens (including phenoxy) is 1. The van der Waals surface area contributed by atoms with Crippen molar-refractivity contribution in [3.63, 3.8) is 0 Å². The first-order valence-electron chi connectivity index (χ1n) is 11.4. The van der Waals surface area contributed by atoms with Crippen LogP contribution >= 0.6 is 0 Å². The SMILES string of the molecule is Cc1cn(C)nc1Nc1n[nH]c(-c2ccc(NS(=O)(=O)C(F)F)c(O[C@@H](C)c3ccc(F)cc3)c2)c1C(N)=O. The van der Waals surface area contributed by atoms with Gasteiger partial charge in [-0.1, -0.05) is 18.2 Å². The molecule has 4 rings (SSSR count). The van der Waals surface area contributed by atoms with Gasteiger partial charge in [-0.2, -0.15) is 19.0 Å². The highest BCUT2D eigenvalue weighted by Crippen LogP contribution is 2.37. The van der Waals surface area contributed by atoms with Crippen LogP contribution in [0.3, 0.4) is 0 Å². The second-order valence-corrected chi connectivity index (χ2v) is 10.2.